The standard InChI is InChI=1S/C10H18O2/c1-6-9(11)12-10(5,7-2)8(3)4/h6,8H,1,7H2,2-5H3. The Morgan fingerprint density at radius 1 is 1.67 bits per heavy atom. The maximum Gasteiger partial charge on any atom is 0.330 e. The fourth-order valence-electron chi connectivity index (χ4n) is 0.870. The van der Waals surface area contributed by atoms with Crippen LogP contribution in [0.15, 0.2) is 12.7 Å². The molecule has 0 amide bonds. The van der Waals surface area contributed by atoms with Crippen molar-refractivity contribution in [1.29, 1.82) is 0 Å². The van der Waals surface area contributed by atoms with Gasteiger partial charge >= 0.3 is 5.97 Å². The lowest BCUT2D eigenvalue weighted by Gasteiger charge is -2.31. The summed E-state index contributed by atoms with van der Waals surface area (Å²) in [6.45, 7) is 11.4. The molecule has 0 rings (SSSR count). The molecule has 12 heavy (non-hydrogen) atoms. The number of hydrogen-bond donors (Lipinski definition) is 0. The van der Waals surface area contributed by atoms with Crippen molar-refractivity contribution in [3.8, 4) is 0 Å². The SMILES string of the molecule is C=CC(=O)OC(C)(CC)C(C)C. The largest absolute Gasteiger partial charge is 0.456 e. The van der Waals surface area contributed by atoms with E-state index in [1.165, 1.54) is 6.08 Å². The third kappa shape index (κ3) is 2.68. The molecule has 2 heteroatoms. The van der Waals surface area contributed by atoms with Crippen molar-refractivity contribution in [2.24, 2.45) is 5.92 Å². The van der Waals surface area contributed by atoms with E-state index in [-0.39, 0.29) is 11.6 Å². The van der Waals surface area contributed by atoms with Crippen LogP contribution in [-0.4, -0.2) is 11.6 Å². The number of ether oxygens (including phenoxy) is 1. The van der Waals surface area contributed by atoms with Crippen LogP contribution in [0, 0.1) is 5.92 Å². The van der Waals surface area contributed by atoms with Gasteiger partial charge in [-0.25, -0.2) is 4.79 Å². The van der Waals surface area contributed by atoms with Crippen molar-refractivity contribution in [2.75, 3.05) is 0 Å². The molecule has 0 bridgehead atoms. The van der Waals surface area contributed by atoms with Crippen LogP contribution in [0.5, 0.6) is 0 Å². The van der Waals surface area contributed by atoms with E-state index in [9.17, 15) is 4.79 Å². The number of rotatable bonds is 4. The van der Waals surface area contributed by atoms with Gasteiger partial charge in [0.2, 0.25) is 0 Å². The predicted octanol–water partition coefficient (Wildman–Crippen LogP) is 2.54. The van der Waals surface area contributed by atoms with Gasteiger partial charge in [-0.15, -0.1) is 0 Å². The topological polar surface area (TPSA) is 26.3 Å². The summed E-state index contributed by atoms with van der Waals surface area (Å²) in [4.78, 5) is 11.0. The van der Waals surface area contributed by atoms with Crippen LogP contribution in [0.3, 0.4) is 0 Å². The van der Waals surface area contributed by atoms with Crippen LogP contribution in [0.25, 0.3) is 0 Å². The van der Waals surface area contributed by atoms with Crippen molar-refractivity contribution >= 4 is 5.97 Å². The molecule has 0 radical (unpaired) electrons. The molecule has 2 nitrogen and oxygen atoms in total. The van der Waals surface area contributed by atoms with Crippen LogP contribution >= 0.6 is 0 Å². The lowest BCUT2D eigenvalue weighted by Crippen LogP contribution is -2.35. The normalized spacial score (nSPS) is 15.4. The van der Waals surface area contributed by atoms with Gasteiger partial charge in [0, 0.05) is 6.08 Å². The number of carbonyl (C=O) groups is 1. The summed E-state index contributed by atoms with van der Waals surface area (Å²) in [7, 11) is 0. The number of carbonyl (C=O) groups excluding carboxylic acids is 1. The van der Waals surface area contributed by atoms with Gasteiger partial charge in [0.1, 0.15) is 5.60 Å². The average Bonchev–Trinajstić information content (AvgIpc) is 2.03. The molecule has 0 aliphatic carbocycles. The molecule has 70 valence electrons. The summed E-state index contributed by atoms with van der Waals surface area (Å²) >= 11 is 0. The van der Waals surface area contributed by atoms with Gasteiger partial charge in [0.15, 0.2) is 0 Å². The van der Waals surface area contributed by atoms with Crippen molar-refractivity contribution in [3.63, 3.8) is 0 Å². The van der Waals surface area contributed by atoms with Gasteiger partial charge in [-0.05, 0) is 19.3 Å². The van der Waals surface area contributed by atoms with E-state index in [4.69, 9.17) is 4.74 Å². The third-order valence-corrected chi connectivity index (χ3v) is 2.42. The molecule has 0 aliphatic heterocycles. The Labute approximate surface area is 74.6 Å². The summed E-state index contributed by atoms with van der Waals surface area (Å²) < 4.78 is 5.24. The second-order valence-corrected chi connectivity index (χ2v) is 3.45. The minimum atomic E-state index is -0.356. The maximum atomic E-state index is 11.0. The first-order valence-corrected chi connectivity index (χ1v) is 4.31. The minimum absolute atomic E-state index is 0.325. The first-order valence-electron chi connectivity index (χ1n) is 4.31. The summed E-state index contributed by atoms with van der Waals surface area (Å²) in [6.07, 6.45) is 2.03. The average molecular weight is 170 g/mol. The van der Waals surface area contributed by atoms with E-state index in [1.807, 2.05) is 27.7 Å². The number of hydrogen-bond acceptors (Lipinski definition) is 2. The van der Waals surface area contributed by atoms with Crippen LogP contribution in [0.4, 0.5) is 0 Å². The highest BCUT2D eigenvalue weighted by Gasteiger charge is 2.29. The van der Waals surface area contributed by atoms with Crippen molar-refractivity contribution < 1.29 is 9.53 Å². The first-order chi connectivity index (χ1) is 5.46. The van der Waals surface area contributed by atoms with Crippen LogP contribution in [0.1, 0.15) is 34.1 Å². The minimum Gasteiger partial charge on any atom is -0.456 e. The van der Waals surface area contributed by atoms with E-state index >= 15 is 0 Å². The van der Waals surface area contributed by atoms with Crippen molar-refractivity contribution in [1.82, 2.24) is 0 Å². The van der Waals surface area contributed by atoms with Gasteiger partial charge in [0.25, 0.3) is 0 Å². The fraction of sp³-hybridized carbons (Fsp3) is 0.700. The molecule has 0 spiro atoms. The Morgan fingerprint density at radius 2 is 2.17 bits per heavy atom. The Bertz CT molecular complexity index is 173. The Hall–Kier alpha value is -0.790. The second-order valence-electron chi connectivity index (χ2n) is 3.45. The molecule has 0 aliphatic rings. The van der Waals surface area contributed by atoms with Crippen molar-refractivity contribution in [2.45, 2.75) is 39.7 Å². The number of esters is 1. The lowest BCUT2D eigenvalue weighted by atomic mass is 9.90. The highest BCUT2D eigenvalue weighted by molar-refractivity contribution is 5.81. The van der Waals surface area contributed by atoms with E-state index in [0.29, 0.717) is 5.92 Å². The molecule has 0 aromatic heterocycles. The van der Waals surface area contributed by atoms with Gasteiger partial charge in [-0.1, -0.05) is 27.4 Å². The summed E-state index contributed by atoms with van der Waals surface area (Å²) in [5.41, 5.74) is -0.356. The molecule has 1 atom stereocenters. The van der Waals surface area contributed by atoms with Crippen LogP contribution in [-0.2, 0) is 9.53 Å². The van der Waals surface area contributed by atoms with E-state index in [1.54, 1.807) is 0 Å². The molecule has 0 aromatic rings. The summed E-state index contributed by atoms with van der Waals surface area (Å²) in [6, 6.07) is 0. The monoisotopic (exact) mass is 170 g/mol. The third-order valence-electron chi connectivity index (χ3n) is 2.42. The van der Waals surface area contributed by atoms with Gasteiger partial charge in [0.05, 0.1) is 0 Å². The maximum absolute atomic E-state index is 11.0. The highest BCUT2D eigenvalue weighted by atomic mass is 16.6. The van der Waals surface area contributed by atoms with E-state index in [0.717, 1.165) is 6.42 Å². The zero-order chi connectivity index (χ0) is 9.78. The fourth-order valence-corrected chi connectivity index (χ4v) is 0.870. The lowest BCUT2D eigenvalue weighted by molar-refractivity contribution is -0.156. The van der Waals surface area contributed by atoms with Crippen molar-refractivity contribution in [3.05, 3.63) is 12.7 Å². The zero-order valence-corrected chi connectivity index (χ0v) is 8.39. The molecule has 1 unspecified atom stereocenters. The Morgan fingerprint density at radius 3 is 2.42 bits per heavy atom. The van der Waals surface area contributed by atoms with Crippen LogP contribution in [0.2, 0.25) is 0 Å². The smallest absolute Gasteiger partial charge is 0.330 e. The summed E-state index contributed by atoms with van der Waals surface area (Å²) in [5, 5.41) is 0. The molecule has 0 heterocycles. The predicted molar refractivity (Wildman–Crippen MR) is 49.8 cm³/mol. The Balaban J connectivity index is 4.33. The quantitative estimate of drug-likeness (QED) is 0.478. The summed E-state index contributed by atoms with van der Waals surface area (Å²) in [5.74, 6) is -0.0144. The van der Waals surface area contributed by atoms with Gasteiger partial charge in [-0.3, -0.25) is 0 Å². The van der Waals surface area contributed by atoms with Gasteiger partial charge < -0.3 is 4.74 Å². The van der Waals surface area contributed by atoms with E-state index in [2.05, 4.69) is 6.58 Å². The highest BCUT2D eigenvalue weighted by Crippen LogP contribution is 2.25. The zero-order valence-electron chi connectivity index (χ0n) is 8.39. The Kier molecular flexibility index (Phi) is 4.01. The molecule has 0 saturated heterocycles. The van der Waals surface area contributed by atoms with Gasteiger partial charge in [-0.2, -0.15) is 0 Å². The molecule has 0 aromatic carbocycles. The molecular weight excluding hydrogens is 152 g/mol. The van der Waals surface area contributed by atoms with Crippen LogP contribution < -0.4 is 0 Å². The second kappa shape index (κ2) is 4.29. The molecule has 0 fully saturated rings. The molecule has 0 saturated carbocycles. The first kappa shape index (κ1) is 11.2. The molecule has 0 N–H and O–H groups in total. The van der Waals surface area contributed by atoms with E-state index < -0.39 is 0 Å². The molecular formula is C10H18O2.